The number of nitrogen functional groups attached to an aromatic ring is 1. The Morgan fingerprint density at radius 2 is 2.29 bits per heavy atom. The summed E-state index contributed by atoms with van der Waals surface area (Å²) in [6.45, 7) is 1.38. The summed E-state index contributed by atoms with van der Waals surface area (Å²) in [5, 5.41) is 8.03. The minimum Gasteiger partial charge on any atom is -0.398 e. The van der Waals surface area contributed by atoms with Crippen LogP contribution in [0.2, 0.25) is 0 Å². The van der Waals surface area contributed by atoms with Crippen molar-refractivity contribution in [1.82, 2.24) is 0 Å². The lowest BCUT2D eigenvalue weighted by molar-refractivity contribution is -0.116. The first-order valence-corrected chi connectivity index (χ1v) is 4.44. The highest BCUT2D eigenvalue weighted by Gasteiger charge is 2.18. The molecule has 0 spiro atoms. The number of benzene rings is 1. The van der Waals surface area contributed by atoms with Gasteiger partial charge >= 0.3 is 0 Å². The molecular weight excluding hydrogens is 200 g/mol. The highest BCUT2D eigenvalue weighted by Crippen LogP contribution is 2.27. The van der Waals surface area contributed by atoms with E-state index in [4.69, 9.17) is 22.6 Å². The number of carbonyl (C=O) groups is 1. The van der Waals surface area contributed by atoms with E-state index in [2.05, 4.69) is 0 Å². The molecule has 1 atom stereocenters. The molecule has 0 saturated heterocycles. The summed E-state index contributed by atoms with van der Waals surface area (Å²) < 4.78 is 0. The number of rotatable bonds is 2. The molecule has 72 valence electrons. The monoisotopic (exact) mass is 208 g/mol. The van der Waals surface area contributed by atoms with Crippen molar-refractivity contribution in [2.24, 2.45) is 0 Å². The van der Waals surface area contributed by atoms with Crippen molar-refractivity contribution in [1.29, 1.82) is 5.26 Å². The molecule has 0 radical (unpaired) electrons. The van der Waals surface area contributed by atoms with Gasteiger partial charge in [0.15, 0.2) is 5.78 Å². The van der Waals surface area contributed by atoms with E-state index in [1.165, 1.54) is 6.92 Å². The summed E-state index contributed by atoms with van der Waals surface area (Å²) >= 11 is 5.84. The average molecular weight is 209 g/mol. The maximum atomic E-state index is 11.0. The van der Waals surface area contributed by atoms with Crippen molar-refractivity contribution >= 4 is 23.1 Å². The number of halogens is 1. The molecule has 0 aliphatic heterocycles. The van der Waals surface area contributed by atoms with Crippen LogP contribution in [0.25, 0.3) is 0 Å². The van der Waals surface area contributed by atoms with Crippen LogP contribution in [0.1, 0.15) is 23.4 Å². The van der Waals surface area contributed by atoms with Gasteiger partial charge in [0, 0.05) is 5.69 Å². The number of Topliss-reactive ketones (excluding diaryl/α,β-unsaturated/α-hetero) is 1. The number of nitrogens with zero attached hydrogens (tertiary/aromatic N) is 1. The number of hydrogen-bond acceptors (Lipinski definition) is 3. The molecule has 0 aliphatic rings. The summed E-state index contributed by atoms with van der Waals surface area (Å²) in [5.41, 5.74) is 6.68. The predicted octanol–water partition coefficient (Wildman–Crippen LogP) is 2.01. The maximum absolute atomic E-state index is 11.0. The summed E-state index contributed by atoms with van der Waals surface area (Å²) in [7, 11) is 0. The van der Waals surface area contributed by atoms with Crippen LogP contribution in [0.5, 0.6) is 0 Å². The van der Waals surface area contributed by atoms with Crippen molar-refractivity contribution in [2.75, 3.05) is 5.73 Å². The first kappa shape index (κ1) is 10.6. The fraction of sp³-hybridized carbons (Fsp3) is 0.200. The normalized spacial score (nSPS) is 11.8. The molecule has 3 nitrogen and oxygen atoms in total. The van der Waals surface area contributed by atoms with Crippen molar-refractivity contribution in [3.8, 4) is 6.07 Å². The van der Waals surface area contributed by atoms with Gasteiger partial charge < -0.3 is 5.73 Å². The molecule has 0 saturated carbocycles. The second kappa shape index (κ2) is 4.12. The zero-order chi connectivity index (χ0) is 10.7. The van der Waals surface area contributed by atoms with Gasteiger partial charge in [-0.05, 0) is 18.6 Å². The fourth-order valence-corrected chi connectivity index (χ4v) is 1.33. The van der Waals surface area contributed by atoms with Gasteiger partial charge in [0.1, 0.15) is 11.4 Å². The Morgan fingerprint density at radius 3 is 2.79 bits per heavy atom. The first-order chi connectivity index (χ1) is 6.57. The lowest BCUT2D eigenvalue weighted by atomic mass is 10.0. The van der Waals surface area contributed by atoms with Gasteiger partial charge in [0.2, 0.25) is 0 Å². The molecule has 1 rings (SSSR count). The molecule has 0 bridgehead atoms. The van der Waals surface area contributed by atoms with Crippen LogP contribution in [0.3, 0.4) is 0 Å². The van der Waals surface area contributed by atoms with Crippen molar-refractivity contribution in [2.45, 2.75) is 12.3 Å². The highest BCUT2D eigenvalue weighted by molar-refractivity contribution is 6.31. The molecule has 1 aromatic rings. The molecule has 0 amide bonds. The Balaban J connectivity index is 3.29. The number of nitrogens with two attached hydrogens (primary N) is 1. The third-order valence-corrected chi connectivity index (χ3v) is 2.41. The van der Waals surface area contributed by atoms with Gasteiger partial charge in [0.25, 0.3) is 0 Å². The summed E-state index contributed by atoms with van der Waals surface area (Å²) in [5.74, 6) is -0.200. The molecule has 1 unspecified atom stereocenters. The molecule has 0 aliphatic carbocycles. The van der Waals surface area contributed by atoms with Gasteiger partial charge in [-0.1, -0.05) is 12.1 Å². The van der Waals surface area contributed by atoms with Gasteiger partial charge in [0.05, 0.1) is 5.56 Å². The van der Waals surface area contributed by atoms with Gasteiger partial charge in [-0.3, -0.25) is 4.79 Å². The standard InChI is InChI=1S/C10H9ClN2O/c1-6(14)10(11)7-3-2-4-9(13)8(7)5-12/h2-4,10H,13H2,1H3. The summed E-state index contributed by atoms with van der Waals surface area (Å²) in [6, 6.07) is 6.84. The molecule has 1 aromatic carbocycles. The number of carbonyl (C=O) groups excluding carboxylic acids is 1. The van der Waals surface area contributed by atoms with Crippen LogP contribution < -0.4 is 5.73 Å². The van der Waals surface area contributed by atoms with Gasteiger partial charge in [-0.15, -0.1) is 11.6 Å². The molecule has 0 fully saturated rings. The largest absolute Gasteiger partial charge is 0.398 e. The third kappa shape index (κ3) is 1.86. The maximum Gasteiger partial charge on any atom is 0.152 e. The average Bonchev–Trinajstić information content (AvgIpc) is 2.16. The van der Waals surface area contributed by atoms with E-state index in [1.54, 1.807) is 18.2 Å². The number of nitriles is 1. The zero-order valence-electron chi connectivity index (χ0n) is 7.62. The lowest BCUT2D eigenvalue weighted by Crippen LogP contribution is -2.05. The minimum absolute atomic E-state index is 0.200. The van der Waals surface area contributed by atoms with Crippen LogP contribution >= 0.6 is 11.6 Å². The molecule has 0 heterocycles. The van der Waals surface area contributed by atoms with E-state index in [0.717, 1.165) is 0 Å². The number of anilines is 1. The van der Waals surface area contributed by atoms with E-state index in [9.17, 15) is 4.79 Å². The Labute approximate surface area is 87.1 Å². The number of ketones is 1. The highest BCUT2D eigenvalue weighted by atomic mass is 35.5. The van der Waals surface area contributed by atoms with Crippen LogP contribution in [0.4, 0.5) is 5.69 Å². The second-order valence-electron chi connectivity index (χ2n) is 2.90. The summed E-state index contributed by atoms with van der Waals surface area (Å²) in [4.78, 5) is 11.0. The van der Waals surface area contributed by atoms with Crippen LogP contribution in [-0.2, 0) is 4.79 Å². The summed E-state index contributed by atoms with van der Waals surface area (Å²) in [6.07, 6.45) is 0. The Morgan fingerprint density at radius 1 is 1.64 bits per heavy atom. The quantitative estimate of drug-likeness (QED) is 0.597. The molecule has 2 N–H and O–H groups in total. The smallest absolute Gasteiger partial charge is 0.152 e. The van der Waals surface area contributed by atoms with Gasteiger partial charge in [-0.25, -0.2) is 0 Å². The zero-order valence-corrected chi connectivity index (χ0v) is 8.38. The molecule has 4 heteroatoms. The number of hydrogen-bond donors (Lipinski definition) is 1. The number of alkyl halides is 1. The van der Waals surface area contributed by atoms with E-state index in [1.807, 2.05) is 6.07 Å². The first-order valence-electron chi connectivity index (χ1n) is 4.01. The Hall–Kier alpha value is -1.53. The molecule has 0 aromatic heterocycles. The Kier molecular flexibility index (Phi) is 3.10. The van der Waals surface area contributed by atoms with E-state index < -0.39 is 5.38 Å². The van der Waals surface area contributed by atoms with E-state index in [-0.39, 0.29) is 11.3 Å². The van der Waals surface area contributed by atoms with Crippen LogP contribution in [0.15, 0.2) is 18.2 Å². The second-order valence-corrected chi connectivity index (χ2v) is 3.33. The van der Waals surface area contributed by atoms with Crippen molar-refractivity contribution in [3.63, 3.8) is 0 Å². The molecular formula is C10H9ClN2O. The van der Waals surface area contributed by atoms with Crippen LogP contribution in [-0.4, -0.2) is 5.78 Å². The lowest BCUT2D eigenvalue weighted by Gasteiger charge is -2.09. The topological polar surface area (TPSA) is 66.9 Å². The Bertz CT molecular complexity index is 409. The third-order valence-electron chi connectivity index (χ3n) is 1.87. The molecule has 14 heavy (non-hydrogen) atoms. The van der Waals surface area contributed by atoms with E-state index >= 15 is 0 Å². The van der Waals surface area contributed by atoms with Crippen molar-refractivity contribution < 1.29 is 4.79 Å². The van der Waals surface area contributed by atoms with E-state index in [0.29, 0.717) is 11.3 Å². The fourth-order valence-electron chi connectivity index (χ4n) is 1.15. The van der Waals surface area contributed by atoms with Crippen LogP contribution in [0, 0.1) is 11.3 Å². The minimum atomic E-state index is -0.798. The SMILES string of the molecule is CC(=O)C(Cl)c1cccc(N)c1C#N. The predicted molar refractivity (Wildman–Crippen MR) is 54.8 cm³/mol. The van der Waals surface area contributed by atoms with Crippen molar-refractivity contribution in [3.05, 3.63) is 29.3 Å². The van der Waals surface area contributed by atoms with Gasteiger partial charge in [-0.2, -0.15) is 5.26 Å².